The van der Waals surface area contributed by atoms with Crippen LogP contribution in [0.5, 0.6) is 0 Å². The number of carboxylic acids is 1. The van der Waals surface area contributed by atoms with Gasteiger partial charge in [-0.1, -0.05) is 6.07 Å². The lowest BCUT2D eigenvalue weighted by molar-refractivity contribution is -0.192. The van der Waals surface area contributed by atoms with Crippen LogP contribution < -0.4 is 5.73 Å². The minimum atomic E-state index is -5.08. The van der Waals surface area contributed by atoms with Gasteiger partial charge in [0.2, 0.25) is 5.91 Å². The van der Waals surface area contributed by atoms with Crippen molar-refractivity contribution in [3.63, 3.8) is 0 Å². The summed E-state index contributed by atoms with van der Waals surface area (Å²) in [7, 11) is 0. The van der Waals surface area contributed by atoms with Gasteiger partial charge in [-0.2, -0.15) is 13.2 Å². The molecular formula is C12H12F3NO3. The van der Waals surface area contributed by atoms with E-state index in [2.05, 4.69) is 0 Å². The molecule has 3 N–H and O–H groups in total. The van der Waals surface area contributed by atoms with Gasteiger partial charge in [-0.15, -0.1) is 0 Å². The van der Waals surface area contributed by atoms with Gasteiger partial charge in [0.1, 0.15) is 0 Å². The average molecular weight is 275 g/mol. The third kappa shape index (κ3) is 4.27. The van der Waals surface area contributed by atoms with E-state index in [-0.39, 0.29) is 5.91 Å². The number of halogens is 3. The van der Waals surface area contributed by atoms with Crippen molar-refractivity contribution in [1.29, 1.82) is 0 Å². The van der Waals surface area contributed by atoms with Gasteiger partial charge in [0.05, 0.1) is 0 Å². The van der Waals surface area contributed by atoms with Crippen molar-refractivity contribution in [3.8, 4) is 0 Å². The largest absolute Gasteiger partial charge is 0.490 e. The van der Waals surface area contributed by atoms with E-state index in [0.717, 1.165) is 12.8 Å². The Morgan fingerprint density at radius 2 is 1.68 bits per heavy atom. The first-order valence-corrected chi connectivity index (χ1v) is 5.43. The third-order valence-corrected chi connectivity index (χ3v) is 2.63. The number of aryl methyl sites for hydroxylation is 2. The molecule has 1 aromatic rings. The molecule has 4 nitrogen and oxygen atoms in total. The van der Waals surface area contributed by atoms with Crippen molar-refractivity contribution >= 4 is 11.9 Å². The topological polar surface area (TPSA) is 80.4 Å². The Morgan fingerprint density at radius 1 is 1.16 bits per heavy atom. The van der Waals surface area contributed by atoms with E-state index in [4.69, 9.17) is 15.6 Å². The van der Waals surface area contributed by atoms with Crippen LogP contribution in [0.2, 0.25) is 0 Å². The molecule has 1 aliphatic carbocycles. The normalized spacial score (nSPS) is 13.2. The van der Waals surface area contributed by atoms with Crippen LogP contribution in [-0.2, 0) is 17.6 Å². The van der Waals surface area contributed by atoms with E-state index in [1.54, 1.807) is 0 Å². The monoisotopic (exact) mass is 275 g/mol. The number of alkyl halides is 3. The van der Waals surface area contributed by atoms with Gasteiger partial charge in [-0.05, 0) is 42.5 Å². The van der Waals surface area contributed by atoms with Crippen LogP contribution in [-0.4, -0.2) is 23.2 Å². The molecule has 1 aliphatic rings. The van der Waals surface area contributed by atoms with Crippen LogP contribution >= 0.6 is 0 Å². The van der Waals surface area contributed by atoms with Crippen LogP contribution in [0.15, 0.2) is 18.2 Å². The number of rotatable bonds is 1. The molecule has 0 saturated heterocycles. The smallest absolute Gasteiger partial charge is 0.475 e. The predicted molar refractivity (Wildman–Crippen MR) is 60.7 cm³/mol. The molecule has 19 heavy (non-hydrogen) atoms. The van der Waals surface area contributed by atoms with Crippen molar-refractivity contribution in [3.05, 3.63) is 34.9 Å². The SMILES string of the molecule is NC(=O)c1ccc2c(c1)CCC2.O=C(O)C(F)(F)F. The highest BCUT2D eigenvalue weighted by Gasteiger charge is 2.38. The van der Waals surface area contributed by atoms with Crippen LogP contribution in [0, 0.1) is 0 Å². The van der Waals surface area contributed by atoms with E-state index < -0.39 is 12.1 Å². The maximum Gasteiger partial charge on any atom is 0.490 e. The fraction of sp³-hybridized carbons (Fsp3) is 0.333. The molecule has 0 radical (unpaired) electrons. The number of fused-ring (bicyclic) bond motifs is 1. The van der Waals surface area contributed by atoms with E-state index in [0.29, 0.717) is 5.56 Å². The van der Waals surface area contributed by atoms with E-state index in [1.807, 2.05) is 18.2 Å². The number of hydrogen-bond acceptors (Lipinski definition) is 2. The Morgan fingerprint density at radius 3 is 2.16 bits per heavy atom. The van der Waals surface area contributed by atoms with Gasteiger partial charge < -0.3 is 10.8 Å². The molecule has 0 atom stereocenters. The van der Waals surface area contributed by atoms with Crippen LogP contribution in [0.25, 0.3) is 0 Å². The lowest BCUT2D eigenvalue weighted by Crippen LogP contribution is -2.21. The second-order valence-electron chi connectivity index (χ2n) is 4.00. The first-order valence-electron chi connectivity index (χ1n) is 5.43. The number of hydrogen-bond donors (Lipinski definition) is 2. The van der Waals surface area contributed by atoms with Gasteiger partial charge in [-0.25, -0.2) is 4.79 Å². The average Bonchev–Trinajstić information content (AvgIpc) is 2.74. The van der Waals surface area contributed by atoms with Gasteiger partial charge >= 0.3 is 12.1 Å². The van der Waals surface area contributed by atoms with E-state index >= 15 is 0 Å². The first kappa shape index (κ1) is 15.0. The zero-order chi connectivity index (χ0) is 14.6. The van der Waals surface area contributed by atoms with Crippen molar-refractivity contribution < 1.29 is 27.9 Å². The third-order valence-electron chi connectivity index (χ3n) is 2.63. The molecule has 0 fully saturated rings. The molecule has 104 valence electrons. The number of benzene rings is 1. The molecule has 0 unspecified atom stereocenters. The lowest BCUT2D eigenvalue weighted by atomic mass is 10.1. The summed E-state index contributed by atoms with van der Waals surface area (Å²) in [5.74, 6) is -3.09. The molecule has 0 aromatic heterocycles. The number of nitrogens with two attached hydrogens (primary N) is 1. The number of carbonyl (C=O) groups excluding carboxylic acids is 1. The Hall–Kier alpha value is -2.05. The zero-order valence-electron chi connectivity index (χ0n) is 9.83. The van der Waals surface area contributed by atoms with Crippen molar-refractivity contribution in [2.45, 2.75) is 25.4 Å². The van der Waals surface area contributed by atoms with Gasteiger partial charge in [-0.3, -0.25) is 4.79 Å². The molecule has 1 amide bonds. The summed E-state index contributed by atoms with van der Waals surface area (Å²) in [5.41, 5.74) is 8.48. The second kappa shape index (κ2) is 5.73. The highest BCUT2D eigenvalue weighted by atomic mass is 19.4. The zero-order valence-corrected chi connectivity index (χ0v) is 9.83. The van der Waals surface area contributed by atoms with Crippen LogP contribution in [0.3, 0.4) is 0 Å². The minimum absolute atomic E-state index is 0.329. The van der Waals surface area contributed by atoms with Crippen LogP contribution in [0.4, 0.5) is 13.2 Å². The Labute approximate surface area is 107 Å². The number of carbonyl (C=O) groups is 2. The molecule has 0 heterocycles. The van der Waals surface area contributed by atoms with Gasteiger partial charge in [0, 0.05) is 5.56 Å². The molecule has 0 bridgehead atoms. The maximum atomic E-state index is 10.8. The molecule has 7 heteroatoms. The molecular weight excluding hydrogens is 263 g/mol. The summed E-state index contributed by atoms with van der Waals surface area (Å²) >= 11 is 0. The number of amides is 1. The van der Waals surface area contributed by atoms with Gasteiger partial charge in [0.15, 0.2) is 0 Å². The predicted octanol–water partition coefficient (Wildman–Crippen LogP) is 1.91. The molecule has 0 saturated carbocycles. The van der Waals surface area contributed by atoms with Gasteiger partial charge in [0.25, 0.3) is 0 Å². The molecule has 0 spiro atoms. The number of carboxylic acid groups (broad SMARTS) is 1. The van der Waals surface area contributed by atoms with E-state index in [9.17, 15) is 18.0 Å². The summed E-state index contributed by atoms with van der Waals surface area (Å²) < 4.78 is 31.7. The van der Waals surface area contributed by atoms with Crippen LogP contribution in [0.1, 0.15) is 27.9 Å². The lowest BCUT2D eigenvalue weighted by Gasteiger charge is -2.00. The highest BCUT2D eigenvalue weighted by Crippen LogP contribution is 2.22. The van der Waals surface area contributed by atoms with Crippen molar-refractivity contribution in [2.24, 2.45) is 5.73 Å². The summed E-state index contributed by atoms with van der Waals surface area (Å²) in [6.07, 6.45) is -1.64. The quantitative estimate of drug-likeness (QED) is 0.821. The summed E-state index contributed by atoms with van der Waals surface area (Å²) in [4.78, 5) is 19.7. The molecule has 1 aromatic carbocycles. The van der Waals surface area contributed by atoms with Crippen molar-refractivity contribution in [1.82, 2.24) is 0 Å². The molecule has 2 rings (SSSR count). The summed E-state index contributed by atoms with van der Waals surface area (Å²) in [6.45, 7) is 0. The van der Waals surface area contributed by atoms with Crippen molar-refractivity contribution in [2.75, 3.05) is 0 Å². The number of primary amides is 1. The fourth-order valence-corrected chi connectivity index (χ4v) is 1.73. The Bertz CT molecular complexity index is 497. The highest BCUT2D eigenvalue weighted by molar-refractivity contribution is 5.93. The first-order chi connectivity index (χ1) is 8.71. The summed E-state index contributed by atoms with van der Waals surface area (Å²) in [5, 5.41) is 7.12. The maximum absolute atomic E-state index is 10.8. The molecule has 0 aliphatic heterocycles. The minimum Gasteiger partial charge on any atom is -0.475 e. The Balaban J connectivity index is 0.000000224. The Kier molecular flexibility index (Phi) is 4.52. The second-order valence-corrected chi connectivity index (χ2v) is 4.00. The summed E-state index contributed by atoms with van der Waals surface area (Å²) in [6, 6.07) is 5.75. The van der Waals surface area contributed by atoms with E-state index in [1.165, 1.54) is 17.5 Å². The standard InChI is InChI=1S/C10H11NO.C2HF3O2/c11-10(12)9-5-4-7-2-1-3-8(7)6-9;3-2(4,5)1(6)7/h4-6H,1-3H2,(H2,11,12);(H,6,7). The fourth-order valence-electron chi connectivity index (χ4n) is 1.73. The number of aliphatic carboxylic acids is 1.